The Morgan fingerprint density at radius 2 is 2.00 bits per heavy atom. The van der Waals surface area contributed by atoms with Crippen molar-refractivity contribution in [1.82, 2.24) is 9.97 Å². The molecule has 1 N–H and O–H groups in total. The Morgan fingerprint density at radius 1 is 1.29 bits per heavy atom. The molecule has 0 aliphatic carbocycles. The second-order valence-corrected chi connectivity index (χ2v) is 4.50. The van der Waals surface area contributed by atoms with Crippen molar-refractivity contribution < 1.29 is 9.50 Å². The van der Waals surface area contributed by atoms with E-state index in [2.05, 4.69) is 9.97 Å². The highest BCUT2D eigenvalue weighted by atomic mass is 32.2. The van der Waals surface area contributed by atoms with Crippen molar-refractivity contribution in [2.45, 2.75) is 23.1 Å². The molecule has 0 saturated carbocycles. The third-order valence-corrected chi connectivity index (χ3v) is 3.15. The van der Waals surface area contributed by atoms with E-state index in [0.29, 0.717) is 10.7 Å². The van der Waals surface area contributed by atoms with E-state index in [-0.39, 0.29) is 5.82 Å². The molecule has 2 rings (SSSR count). The highest BCUT2D eigenvalue weighted by Crippen LogP contribution is 2.31. The summed E-state index contributed by atoms with van der Waals surface area (Å²) in [7, 11) is 0. The van der Waals surface area contributed by atoms with Crippen LogP contribution in [0.4, 0.5) is 4.39 Å². The van der Waals surface area contributed by atoms with Crippen LogP contribution < -0.4 is 0 Å². The predicted octanol–water partition coefficient (Wildman–Crippen LogP) is 2.82. The molecule has 5 heteroatoms. The molecule has 88 valence electrons. The van der Waals surface area contributed by atoms with E-state index in [1.54, 1.807) is 31.5 Å². The molecule has 0 aliphatic rings. The van der Waals surface area contributed by atoms with Crippen molar-refractivity contribution in [3.05, 3.63) is 48.0 Å². The molecule has 1 aromatic carbocycles. The topological polar surface area (TPSA) is 46.0 Å². The largest absolute Gasteiger partial charge is 0.389 e. The SMILES string of the molecule is CC(O)c1cc(F)ccc1Sc1ncccn1. The third kappa shape index (κ3) is 3.01. The summed E-state index contributed by atoms with van der Waals surface area (Å²) >= 11 is 1.30. The molecule has 0 saturated heterocycles. The minimum Gasteiger partial charge on any atom is -0.389 e. The first kappa shape index (κ1) is 12.0. The van der Waals surface area contributed by atoms with Gasteiger partial charge < -0.3 is 5.11 Å². The third-order valence-electron chi connectivity index (χ3n) is 2.17. The van der Waals surface area contributed by atoms with Gasteiger partial charge in [0.1, 0.15) is 5.82 Å². The number of nitrogens with zero attached hydrogens (tertiary/aromatic N) is 2. The van der Waals surface area contributed by atoms with Gasteiger partial charge in [-0.25, -0.2) is 14.4 Å². The van der Waals surface area contributed by atoms with Gasteiger partial charge in [0.15, 0.2) is 5.16 Å². The zero-order chi connectivity index (χ0) is 12.3. The normalized spacial score (nSPS) is 12.4. The standard InChI is InChI=1S/C12H11FN2OS/c1-8(16)10-7-9(13)3-4-11(10)17-12-14-5-2-6-15-12/h2-8,16H,1H3. The van der Waals surface area contributed by atoms with E-state index < -0.39 is 6.10 Å². The van der Waals surface area contributed by atoms with Gasteiger partial charge in [0.2, 0.25) is 0 Å². The maximum absolute atomic E-state index is 13.1. The molecular weight excluding hydrogens is 239 g/mol. The number of aromatic nitrogens is 2. The Hall–Kier alpha value is -1.46. The summed E-state index contributed by atoms with van der Waals surface area (Å²) in [4.78, 5) is 8.90. The molecule has 1 heterocycles. The van der Waals surface area contributed by atoms with Gasteiger partial charge in [-0.05, 0) is 48.5 Å². The van der Waals surface area contributed by atoms with Gasteiger partial charge in [-0.3, -0.25) is 0 Å². The molecule has 1 atom stereocenters. The number of halogens is 1. The van der Waals surface area contributed by atoms with Crippen molar-refractivity contribution in [2.24, 2.45) is 0 Å². The minimum atomic E-state index is -0.725. The van der Waals surface area contributed by atoms with Crippen LogP contribution in [0.25, 0.3) is 0 Å². The van der Waals surface area contributed by atoms with Crippen molar-refractivity contribution in [3.63, 3.8) is 0 Å². The van der Waals surface area contributed by atoms with Gasteiger partial charge in [0.25, 0.3) is 0 Å². The number of hydrogen-bond donors (Lipinski definition) is 1. The van der Waals surface area contributed by atoms with E-state index >= 15 is 0 Å². The number of aliphatic hydroxyl groups excluding tert-OH is 1. The molecule has 1 aromatic heterocycles. The molecule has 1 unspecified atom stereocenters. The van der Waals surface area contributed by atoms with E-state index in [4.69, 9.17) is 0 Å². The summed E-state index contributed by atoms with van der Waals surface area (Å²) < 4.78 is 13.1. The first-order valence-corrected chi connectivity index (χ1v) is 5.91. The maximum atomic E-state index is 13.1. The van der Waals surface area contributed by atoms with Gasteiger partial charge in [-0.1, -0.05) is 0 Å². The summed E-state index contributed by atoms with van der Waals surface area (Å²) in [6.07, 6.45) is 2.55. The maximum Gasteiger partial charge on any atom is 0.192 e. The van der Waals surface area contributed by atoms with Crippen LogP contribution in [0.15, 0.2) is 46.7 Å². The van der Waals surface area contributed by atoms with Crippen LogP contribution in [0.3, 0.4) is 0 Å². The van der Waals surface area contributed by atoms with Crippen LogP contribution in [-0.2, 0) is 0 Å². The van der Waals surface area contributed by atoms with Crippen molar-refractivity contribution >= 4 is 11.8 Å². The number of hydrogen-bond acceptors (Lipinski definition) is 4. The van der Waals surface area contributed by atoms with Gasteiger partial charge in [-0.15, -0.1) is 0 Å². The number of aliphatic hydroxyl groups is 1. The Bertz CT molecular complexity index is 505. The lowest BCUT2D eigenvalue weighted by atomic mass is 10.1. The molecule has 0 bridgehead atoms. The highest BCUT2D eigenvalue weighted by Gasteiger charge is 2.11. The van der Waals surface area contributed by atoms with Crippen LogP contribution in [0.5, 0.6) is 0 Å². The Labute approximate surface area is 103 Å². The van der Waals surface area contributed by atoms with Crippen molar-refractivity contribution in [1.29, 1.82) is 0 Å². The quantitative estimate of drug-likeness (QED) is 0.851. The second-order valence-electron chi connectivity index (χ2n) is 3.49. The molecule has 0 radical (unpaired) electrons. The lowest BCUT2D eigenvalue weighted by Crippen LogP contribution is -1.96. The van der Waals surface area contributed by atoms with E-state index in [9.17, 15) is 9.50 Å². The van der Waals surface area contributed by atoms with Crippen molar-refractivity contribution in [2.75, 3.05) is 0 Å². The summed E-state index contributed by atoms with van der Waals surface area (Å²) in [5.74, 6) is -0.362. The van der Waals surface area contributed by atoms with Crippen LogP contribution in [0.1, 0.15) is 18.6 Å². The van der Waals surface area contributed by atoms with Gasteiger partial charge in [0.05, 0.1) is 6.10 Å². The first-order valence-electron chi connectivity index (χ1n) is 5.09. The van der Waals surface area contributed by atoms with Crippen molar-refractivity contribution in [3.8, 4) is 0 Å². The average Bonchev–Trinajstić information content (AvgIpc) is 2.32. The van der Waals surface area contributed by atoms with E-state index in [1.165, 1.54) is 23.9 Å². The molecule has 17 heavy (non-hydrogen) atoms. The first-order chi connectivity index (χ1) is 8.16. The summed E-state index contributed by atoms with van der Waals surface area (Å²) in [6.45, 7) is 1.60. The molecule has 0 spiro atoms. The van der Waals surface area contributed by atoms with Crippen LogP contribution in [0.2, 0.25) is 0 Å². The van der Waals surface area contributed by atoms with Crippen LogP contribution in [0, 0.1) is 5.82 Å². The monoisotopic (exact) mass is 250 g/mol. The zero-order valence-electron chi connectivity index (χ0n) is 9.17. The molecule has 0 fully saturated rings. The molecule has 0 aliphatic heterocycles. The summed E-state index contributed by atoms with van der Waals surface area (Å²) in [6, 6.07) is 6.04. The molecule has 3 nitrogen and oxygen atoms in total. The summed E-state index contributed by atoms with van der Waals surface area (Å²) in [5, 5.41) is 10.2. The molecule has 2 aromatic rings. The second kappa shape index (κ2) is 5.25. The minimum absolute atomic E-state index is 0.362. The van der Waals surface area contributed by atoms with E-state index in [0.717, 1.165) is 4.90 Å². The fraction of sp³-hybridized carbons (Fsp3) is 0.167. The summed E-state index contributed by atoms with van der Waals surface area (Å²) in [5.41, 5.74) is 0.544. The number of benzene rings is 1. The van der Waals surface area contributed by atoms with Crippen LogP contribution >= 0.6 is 11.8 Å². The number of rotatable bonds is 3. The Balaban J connectivity index is 2.33. The Kier molecular flexibility index (Phi) is 3.71. The van der Waals surface area contributed by atoms with Gasteiger partial charge in [-0.2, -0.15) is 0 Å². The molecular formula is C12H11FN2OS. The lowest BCUT2D eigenvalue weighted by Gasteiger charge is -2.10. The fourth-order valence-corrected chi connectivity index (χ4v) is 2.28. The highest BCUT2D eigenvalue weighted by molar-refractivity contribution is 7.99. The smallest absolute Gasteiger partial charge is 0.192 e. The lowest BCUT2D eigenvalue weighted by molar-refractivity contribution is 0.196. The van der Waals surface area contributed by atoms with E-state index in [1.807, 2.05) is 0 Å². The zero-order valence-corrected chi connectivity index (χ0v) is 9.99. The van der Waals surface area contributed by atoms with Gasteiger partial charge >= 0.3 is 0 Å². The van der Waals surface area contributed by atoms with Crippen LogP contribution in [-0.4, -0.2) is 15.1 Å². The molecule has 0 amide bonds. The average molecular weight is 250 g/mol. The fourth-order valence-electron chi connectivity index (χ4n) is 1.38. The van der Waals surface area contributed by atoms with Gasteiger partial charge in [0, 0.05) is 17.3 Å². The predicted molar refractivity (Wildman–Crippen MR) is 63.2 cm³/mol. The Morgan fingerprint density at radius 3 is 2.65 bits per heavy atom.